The molecule has 1 aromatic heterocycles. The van der Waals surface area contributed by atoms with Gasteiger partial charge in [-0.15, -0.1) is 24.0 Å². The van der Waals surface area contributed by atoms with Crippen LogP contribution in [0.15, 0.2) is 23.3 Å². The molecule has 7 heteroatoms. The Bertz CT molecular complexity index is 571. The van der Waals surface area contributed by atoms with Crippen LogP contribution in [-0.4, -0.2) is 50.8 Å². The Morgan fingerprint density at radius 3 is 2.46 bits per heavy atom. The average Bonchev–Trinajstić information content (AvgIpc) is 2.66. The second kappa shape index (κ2) is 13.2. The number of ether oxygens (including phenoxy) is 1. The predicted octanol–water partition coefficient (Wildman–Crippen LogP) is 3.81. The molecule has 0 saturated heterocycles. The highest BCUT2D eigenvalue weighted by Gasteiger charge is 2.36. The van der Waals surface area contributed by atoms with Crippen molar-refractivity contribution in [1.82, 2.24) is 15.6 Å². The Hall–Kier alpha value is -1.09. The van der Waals surface area contributed by atoms with Crippen LogP contribution in [0.3, 0.4) is 0 Å². The highest BCUT2D eigenvalue weighted by Crippen LogP contribution is 2.43. The molecule has 2 N–H and O–H groups in total. The summed E-state index contributed by atoms with van der Waals surface area (Å²) in [6.45, 7) is 11.6. The minimum Gasteiger partial charge on any atom is -0.385 e. The molecule has 0 spiro atoms. The van der Waals surface area contributed by atoms with Gasteiger partial charge in [0, 0.05) is 46.1 Å². The number of aliphatic imine (C=N–C) groups is 1. The van der Waals surface area contributed by atoms with Gasteiger partial charge in [0.15, 0.2) is 5.96 Å². The lowest BCUT2D eigenvalue weighted by Crippen LogP contribution is -2.46. The summed E-state index contributed by atoms with van der Waals surface area (Å²) in [5.74, 6) is 1.91. The van der Waals surface area contributed by atoms with Crippen LogP contribution in [0.1, 0.15) is 52.0 Å². The van der Waals surface area contributed by atoms with Crippen molar-refractivity contribution in [2.75, 3.05) is 44.8 Å². The summed E-state index contributed by atoms with van der Waals surface area (Å²) in [5, 5.41) is 6.90. The summed E-state index contributed by atoms with van der Waals surface area (Å²) in [5.41, 5.74) is 1.50. The van der Waals surface area contributed by atoms with Gasteiger partial charge in [0.1, 0.15) is 5.82 Å². The maximum Gasteiger partial charge on any atom is 0.191 e. The number of nitrogens with zero attached hydrogens (tertiary/aromatic N) is 3. The first-order valence-electron chi connectivity index (χ1n) is 10.4. The van der Waals surface area contributed by atoms with Crippen LogP contribution in [0, 0.1) is 5.41 Å². The highest BCUT2D eigenvalue weighted by atomic mass is 127. The van der Waals surface area contributed by atoms with Gasteiger partial charge in [-0.25, -0.2) is 9.98 Å². The maximum absolute atomic E-state index is 5.29. The molecule has 0 atom stereocenters. The Morgan fingerprint density at radius 2 is 1.96 bits per heavy atom. The van der Waals surface area contributed by atoms with Crippen LogP contribution in [0.25, 0.3) is 0 Å². The molecule has 1 aliphatic rings. The van der Waals surface area contributed by atoms with Gasteiger partial charge in [-0.2, -0.15) is 0 Å². The molecule has 1 heterocycles. The minimum atomic E-state index is 0. The molecule has 160 valence electrons. The van der Waals surface area contributed by atoms with Crippen LogP contribution >= 0.6 is 24.0 Å². The topological polar surface area (TPSA) is 61.8 Å². The summed E-state index contributed by atoms with van der Waals surface area (Å²) in [4.78, 5) is 11.6. The standard InChI is InChI=1S/C21H37N5O.HI/c1-5-22-20(25-17-21(11-8-12-21)13-14-27-4)24-16-18-9-10-19(23-15-18)26(6-2)7-3;/h9-10,15H,5-8,11-14,16-17H2,1-4H3,(H2,22,24,25);1H. The van der Waals surface area contributed by atoms with Gasteiger partial charge < -0.3 is 20.3 Å². The summed E-state index contributed by atoms with van der Waals surface area (Å²) in [6, 6.07) is 4.21. The summed E-state index contributed by atoms with van der Waals surface area (Å²) >= 11 is 0. The smallest absolute Gasteiger partial charge is 0.191 e. The molecule has 1 saturated carbocycles. The van der Waals surface area contributed by atoms with Gasteiger partial charge in [0.2, 0.25) is 0 Å². The number of halogens is 1. The van der Waals surface area contributed by atoms with Crippen LogP contribution < -0.4 is 15.5 Å². The summed E-state index contributed by atoms with van der Waals surface area (Å²) in [6.07, 6.45) is 6.93. The quantitative estimate of drug-likeness (QED) is 0.273. The van der Waals surface area contributed by atoms with E-state index in [4.69, 9.17) is 9.73 Å². The first-order chi connectivity index (χ1) is 13.2. The SMILES string of the molecule is CCNC(=NCc1ccc(N(CC)CC)nc1)NCC1(CCOC)CCC1.I. The molecule has 0 aliphatic heterocycles. The molecule has 0 bridgehead atoms. The third kappa shape index (κ3) is 7.39. The number of hydrogen-bond acceptors (Lipinski definition) is 4. The zero-order chi connectivity index (χ0) is 19.5. The van der Waals surface area contributed by atoms with Crippen molar-refractivity contribution in [3.05, 3.63) is 23.9 Å². The third-order valence-corrected chi connectivity index (χ3v) is 5.54. The van der Waals surface area contributed by atoms with E-state index in [0.717, 1.165) is 56.5 Å². The number of anilines is 1. The number of aromatic nitrogens is 1. The highest BCUT2D eigenvalue weighted by molar-refractivity contribution is 14.0. The molecule has 1 aliphatic carbocycles. The van der Waals surface area contributed by atoms with Gasteiger partial charge in [-0.1, -0.05) is 12.5 Å². The number of hydrogen-bond donors (Lipinski definition) is 2. The molecule has 1 aromatic rings. The fraction of sp³-hybridized carbons (Fsp3) is 0.714. The van der Waals surface area contributed by atoms with E-state index >= 15 is 0 Å². The predicted molar refractivity (Wildman–Crippen MR) is 129 cm³/mol. The average molecular weight is 503 g/mol. The Labute approximate surface area is 187 Å². The van der Waals surface area contributed by atoms with Crippen LogP contribution in [-0.2, 0) is 11.3 Å². The van der Waals surface area contributed by atoms with Crippen molar-refractivity contribution < 1.29 is 4.74 Å². The van der Waals surface area contributed by atoms with Crippen molar-refractivity contribution in [2.45, 2.75) is 53.0 Å². The van der Waals surface area contributed by atoms with E-state index in [1.807, 2.05) is 6.20 Å². The van der Waals surface area contributed by atoms with E-state index in [1.165, 1.54) is 19.3 Å². The van der Waals surface area contributed by atoms with Crippen LogP contribution in [0.4, 0.5) is 5.82 Å². The Balaban J connectivity index is 0.00000392. The second-order valence-corrected chi connectivity index (χ2v) is 7.34. The lowest BCUT2D eigenvalue weighted by Gasteiger charge is -2.42. The van der Waals surface area contributed by atoms with E-state index in [1.54, 1.807) is 7.11 Å². The molecule has 0 aromatic carbocycles. The van der Waals surface area contributed by atoms with Crippen LogP contribution in [0.2, 0.25) is 0 Å². The molecule has 6 nitrogen and oxygen atoms in total. The minimum absolute atomic E-state index is 0. The first-order valence-corrected chi connectivity index (χ1v) is 10.4. The van der Waals surface area contributed by atoms with E-state index in [2.05, 4.69) is 53.4 Å². The normalized spacial score (nSPS) is 15.4. The first kappa shape index (κ1) is 24.9. The molecular formula is C21H38IN5O. The van der Waals surface area contributed by atoms with Crippen molar-refractivity contribution in [3.63, 3.8) is 0 Å². The lowest BCUT2D eigenvalue weighted by atomic mass is 9.67. The van der Waals surface area contributed by atoms with E-state index in [9.17, 15) is 0 Å². The number of guanidine groups is 1. The van der Waals surface area contributed by atoms with Gasteiger partial charge in [0.05, 0.1) is 6.54 Å². The largest absolute Gasteiger partial charge is 0.385 e. The molecule has 2 rings (SSSR count). The van der Waals surface area contributed by atoms with Gasteiger partial charge in [0.25, 0.3) is 0 Å². The molecule has 28 heavy (non-hydrogen) atoms. The van der Waals surface area contributed by atoms with E-state index < -0.39 is 0 Å². The Morgan fingerprint density at radius 1 is 1.21 bits per heavy atom. The molecule has 0 radical (unpaired) electrons. The van der Waals surface area contributed by atoms with Crippen molar-refractivity contribution in [2.24, 2.45) is 10.4 Å². The van der Waals surface area contributed by atoms with Crippen molar-refractivity contribution >= 4 is 35.8 Å². The number of nitrogens with one attached hydrogen (secondary N) is 2. The zero-order valence-electron chi connectivity index (χ0n) is 18.0. The van der Waals surface area contributed by atoms with E-state index in [-0.39, 0.29) is 24.0 Å². The molecule has 0 unspecified atom stereocenters. The Kier molecular flexibility index (Phi) is 11.8. The van der Waals surface area contributed by atoms with Gasteiger partial charge >= 0.3 is 0 Å². The van der Waals surface area contributed by atoms with Crippen molar-refractivity contribution in [1.29, 1.82) is 0 Å². The zero-order valence-corrected chi connectivity index (χ0v) is 20.3. The molecule has 0 amide bonds. The maximum atomic E-state index is 5.29. The summed E-state index contributed by atoms with van der Waals surface area (Å²) < 4.78 is 5.29. The molecule has 1 fully saturated rings. The molecular weight excluding hydrogens is 465 g/mol. The number of pyridine rings is 1. The summed E-state index contributed by atoms with van der Waals surface area (Å²) in [7, 11) is 1.78. The third-order valence-electron chi connectivity index (χ3n) is 5.54. The second-order valence-electron chi connectivity index (χ2n) is 7.34. The monoisotopic (exact) mass is 503 g/mol. The lowest BCUT2D eigenvalue weighted by molar-refractivity contribution is 0.0732. The number of rotatable bonds is 11. The van der Waals surface area contributed by atoms with Gasteiger partial charge in [-0.3, -0.25) is 0 Å². The van der Waals surface area contributed by atoms with Gasteiger partial charge in [-0.05, 0) is 57.1 Å². The van der Waals surface area contributed by atoms with Crippen molar-refractivity contribution in [3.8, 4) is 0 Å². The van der Waals surface area contributed by atoms with Crippen LogP contribution in [0.5, 0.6) is 0 Å². The fourth-order valence-corrected chi connectivity index (χ4v) is 3.54. The fourth-order valence-electron chi connectivity index (χ4n) is 3.54. The van der Waals surface area contributed by atoms with E-state index in [0.29, 0.717) is 12.0 Å². The number of methoxy groups -OCH3 is 1.